The van der Waals surface area contributed by atoms with E-state index in [1.165, 1.54) is 0 Å². The Bertz CT molecular complexity index is 429. The van der Waals surface area contributed by atoms with Gasteiger partial charge in [-0.1, -0.05) is 29.7 Å². The van der Waals surface area contributed by atoms with Gasteiger partial charge in [-0.2, -0.15) is 0 Å². The van der Waals surface area contributed by atoms with Crippen molar-refractivity contribution in [1.29, 1.82) is 5.41 Å². The van der Waals surface area contributed by atoms with Crippen molar-refractivity contribution < 1.29 is 4.74 Å². The first kappa shape index (κ1) is 12.4. The maximum Gasteiger partial charge on any atom is 0.173 e. The van der Waals surface area contributed by atoms with Crippen LogP contribution < -0.4 is 4.74 Å². The summed E-state index contributed by atoms with van der Waals surface area (Å²) in [7, 11) is 0. The van der Waals surface area contributed by atoms with Gasteiger partial charge in [0, 0.05) is 11.5 Å². The third-order valence-corrected chi connectivity index (χ3v) is 2.42. The molecule has 0 amide bonds. The number of azide groups is 1. The molecule has 1 rings (SSSR count). The quantitative estimate of drug-likeness (QED) is 0.274. The molecule has 1 aromatic carbocycles. The van der Waals surface area contributed by atoms with E-state index in [1.807, 2.05) is 13.0 Å². The highest BCUT2D eigenvalue weighted by molar-refractivity contribution is 6.32. The lowest BCUT2D eigenvalue weighted by Crippen LogP contribution is -1.98. The summed E-state index contributed by atoms with van der Waals surface area (Å²) in [4.78, 5) is 2.71. The molecule has 0 heterocycles. The Morgan fingerprint density at radius 2 is 2.44 bits per heavy atom. The summed E-state index contributed by atoms with van der Waals surface area (Å²) in [5, 5.41) is 10.8. The topological polar surface area (TPSA) is 81.8 Å². The number of halogens is 1. The Labute approximate surface area is 98.1 Å². The molecule has 0 aliphatic rings. The van der Waals surface area contributed by atoms with Crippen molar-refractivity contribution in [3.63, 3.8) is 0 Å². The molecule has 0 saturated carbocycles. The first-order valence-electron chi connectivity index (χ1n) is 4.65. The van der Waals surface area contributed by atoms with Crippen molar-refractivity contribution in [3.8, 4) is 5.75 Å². The standard InChI is InChI=1S/C10H11ClN4O/c1-7(5-14-15-13)8-2-3-10(16-6-12)9(11)4-8/h2-4,6-7,12H,5H2,1H3. The fraction of sp³-hybridized carbons (Fsp3) is 0.300. The fourth-order valence-corrected chi connectivity index (χ4v) is 1.48. The van der Waals surface area contributed by atoms with Crippen LogP contribution >= 0.6 is 11.6 Å². The van der Waals surface area contributed by atoms with Gasteiger partial charge >= 0.3 is 0 Å². The third kappa shape index (κ3) is 3.15. The molecule has 84 valence electrons. The van der Waals surface area contributed by atoms with Crippen LogP contribution in [0.3, 0.4) is 0 Å². The molecule has 0 spiro atoms. The number of hydrogen-bond donors (Lipinski definition) is 1. The summed E-state index contributed by atoms with van der Waals surface area (Å²) < 4.78 is 4.88. The number of nitrogens with one attached hydrogen (secondary N) is 1. The second-order valence-electron chi connectivity index (χ2n) is 3.24. The van der Waals surface area contributed by atoms with E-state index in [9.17, 15) is 0 Å². The van der Waals surface area contributed by atoms with Crippen LogP contribution in [0.25, 0.3) is 10.4 Å². The van der Waals surface area contributed by atoms with E-state index < -0.39 is 0 Å². The Balaban J connectivity index is 2.87. The number of ether oxygens (including phenoxy) is 1. The minimum absolute atomic E-state index is 0.0995. The molecule has 1 aromatic rings. The smallest absolute Gasteiger partial charge is 0.173 e. The molecule has 1 N–H and O–H groups in total. The van der Waals surface area contributed by atoms with Gasteiger partial charge in [-0.15, -0.1) is 0 Å². The maximum absolute atomic E-state index is 8.22. The van der Waals surface area contributed by atoms with Gasteiger partial charge in [-0.05, 0) is 29.1 Å². The highest BCUT2D eigenvalue weighted by Crippen LogP contribution is 2.28. The summed E-state index contributed by atoms with van der Waals surface area (Å²) in [6.07, 6.45) is 0.824. The van der Waals surface area contributed by atoms with Gasteiger partial charge in [0.1, 0.15) is 5.75 Å². The number of hydrogen-bond acceptors (Lipinski definition) is 3. The van der Waals surface area contributed by atoms with Crippen molar-refractivity contribution in [2.75, 3.05) is 6.54 Å². The first-order valence-corrected chi connectivity index (χ1v) is 5.02. The van der Waals surface area contributed by atoms with Gasteiger partial charge in [0.2, 0.25) is 0 Å². The molecule has 1 unspecified atom stereocenters. The Morgan fingerprint density at radius 1 is 1.69 bits per heavy atom. The van der Waals surface area contributed by atoms with Crippen molar-refractivity contribution in [2.24, 2.45) is 5.11 Å². The van der Waals surface area contributed by atoms with E-state index in [0.29, 0.717) is 17.3 Å². The molecule has 0 bridgehead atoms. The first-order chi connectivity index (χ1) is 7.69. The molecule has 0 aliphatic heterocycles. The van der Waals surface area contributed by atoms with E-state index in [4.69, 9.17) is 27.3 Å². The largest absolute Gasteiger partial charge is 0.445 e. The average molecular weight is 239 g/mol. The zero-order valence-corrected chi connectivity index (χ0v) is 9.48. The van der Waals surface area contributed by atoms with Crippen LogP contribution in [0.2, 0.25) is 5.02 Å². The average Bonchev–Trinajstić information content (AvgIpc) is 2.29. The highest BCUT2D eigenvalue weighted by atomic mass is 35.5. The van der Waals surface area contributed by atoms with Crippen molar-refractivity contribution >= 4 is 18.0 Å². The van der Waals surface area contributed by atoms with E-state index in [2.05, 4.69) is 10.0 Å². The molecule has 1 atom stereocenters. The van der Waals surface area contributed by atoms with Crippen molar-refractivity contribution in [2.45, 2.75) is 12.8 Å². The van der Waals surface area contributed by atoms with Crippen LogP contribution in [0.5, 0.6) is 5.75 Å². The zero-order valence-electron chi connectivity index (χ0n) is 8.72. The lowest BCUT2D eigenvalue weighted by molar-refractivity contribution is 0.569. The summed E-state index contributed by atoms with van der Waals surface area (Å²) in [6, 6.07) is 5.27. The van der Waals surface area contributed by atoms with Gasteiger partial charge in [-0.3, -0.25) is 5.41 Å². The van der Waals surface area contributed by atoms with E-state index >= 15 is 0 Å². The van der Waals surface area contributed by atoms with Crippen LogP contribution in [-0.2, 0) is 0 Å². The molecule has 0 aromatic heterocycles. The molecule has 0 fully saturated rings. The predicted octanol–water partition coefficient (Wildman–Crippen LogP) is 3.74. The lowest BCUT2D eigenvalue weighted by atomic mass is 10.0. The number of nitrogens with zero attached hydrogens (tertiary/aromatic N) is 3. The Morgan fingerprint density at radius 3 is 3.00 bits per heavy atom. The molecule has 16 heavy (non-hydrogen) atoms. The zero-order chi connectivity index (χ0) is 12.0. The molecule has 0 saturated heterocycles. The molecule has 5 nitrogen and oxygen atoms in total. The fourth-order valence-electron chi connectivity index (χ4n) is 1.25. The molecule has 0 radical (unpaired) electrons. The highest BCUT2D eigenvalue weighted by Gasteiger charge is 2.08. The van der Waals surface area contributed by atoms with Crippen LogP contribution in [0, 0.1) is 5.41 Å². The summed E-state index contributed by atoms with van der Waals surface area (Å²) >= 11 is 5.95. The molecular formula is C10H11ClN4O. The van der Waals surface area contributed by atoms with Gasteiger partial charge in [-0.25, -0.2) is 0 Å². The van der Waals surface area contributed by atoms with E-state index in [0.717, 1.165) is 12.0 Å². The Hall–Kier alpha value is -1.71. The van der Waals surface area contributed by atoms with Crippen molar-refractivity contribution in [1.82, 2.24) is 0 Å². The predicted molar refractivity (Wildman–Crippen MR) is 63.3 cm³/mol. The minimum Gasteiger partial charge on any atom is -0.445 e. The summed E-state index contributed by atoms with van der Waals surface area (Å²) in [5.74, 6) is 0.541. The Kier molecular flexibility index (Phi) is 4.64. The van der Waals surface area contributed by atoms with E-state index in [-0.39, 0.29) is 5.92 Å². The number of rotatable bonds is 5. The monoisotopic (exact) mass is 238 g/mol. The summed E-state index contributed by atoms with van der Waals surface area (Å²) in [6.45, 7) is 2.33. The van der Waals surface area contributed by atoms with Crippen LogP contribution in [0.15, 0.2) is 23.3 Å². The second-order valence-corrected chi connectivity index (χ2v) is 3.65. The van der Waals surface area contributed by atoms with Gasteiger partial charge in [0.25, 0.3) is 0 Å². The van der Waals surface area contributed by atoms with Crippen LogP contribution in [0.1, 0.15) is 18.4 Å². The SMILES string of the molecule is CC(CN=[N+]=[N-])c1ccc(OC=N)c(Cl)c1. The third-order valence-electron chi connectivity index (χ3n) is 2.13. The van der Waals surface area contributed by atoms with Gasteiger partial charge in [0.05, 0.1) is 5.02 Å². The van der Waals surface area contributed by atoms with Gasteiger partial charge < -0.3 is 4.74 Å². The maximum atomic E-state index is 8.22. The second kappa shape index (κ2) is 6.00. The van der Waals surface area contributed by atoms with Crippen LogP contribution in [0.4, 0.5) is 0 Å². The molecule has 0 aliphatic carbocycles. The summed E-state index contributed by atoms with van der Waals surface area (Å²) in [5.41, 5.74) is 9.19. The van der Waals surface area contributed by atoms with Crippen molar-refractivity contribution in [3.05, 3.63) is 39.2 Å². The molecule has 6 heteroatoms. The lowest BCUT2D eigenvalue weighted by Gasteiger charge is -2.10. The minimum atomic E-state index is 0.0995. The molecular weight excluding hydrogens is 228 g/mol. The van der Waals surface area contributed by atoms with Crippen LogP contribution in [-0.4, -0.2) is 12.9 Å². The van der Waals surface area contributed by atoms with Gasteiger partial charge in [0.15, 0.2) is 6.40 Å². The normalized spacial score (nSPS) is 11.4. The van der Waals surface area contributed by atoms with E-state index in [1.54, 1.807) is 12.1 Å². The number of benzene rings is 1.